The number of halogens is 1. The average molecular weight is 531 g/mol. The number of methoxy groups -OCH3 is 3. The number of rotatable bonds is 7. The Hall–Kier alpha value is -3.66. The second-order valence-corrected chi connectivity index (χ2v) is 8.97. The predicted molar refractivity (Wildman–Crippen MR) is 140 cm³/mol. The lowest BCUT2D eigenvalue weighted by Crippen LogP contribution is -2.57. The zero-order valence-corrected chi connectivity index (χ0v) is 22.1. The number of amides is 1. The summed E-state index contributed by atoms with van der Waals surface area (Å²) >= 11 is 6.16. The van der Waals surface area contributed by atoms with E-state index >= 15 is 0 Å². The molecule has 11 heteroatoms. The second-order valence-electron chi connectivity index (χ2n) is 8.53. The lowest BCUT2D eigenvalue weighted by Gasteiger charge is -2.39. The molecule has 2 atom stereocenters. The van der Waals surface area contributed by atoms with Gasteiger partial charge in [-0.1, -0.05) is 17.7 Å². The van der Waals surface area contributed by atoms with Gasteiger partial charge in [0.2, 0.25) is 17.6 Å². The highest BCUT2D eigenvalue weighted by Crippen LogP contribution is 2.42. The molecule has 0 unspecified atom stereocenters. The Balaban J connectivity index is 1.66. The third-order valence-corrected chi connectivity index (χ3v) is 6.65. The molecule has 1 saturated heterocycles. The number of nitrogens with zero attached hydrogens (tertiary/aromatic N) is 3. The maximum absolute atomic E-state index is 13.3. The smallest absolute Gasteiger partial charge is 0.321 e. The first-order chi connectivity index (χ1) is 17.9. The number of aliphatic imine (C=N–C) groups is 1. The number of esters is 1. The summed E-state index contributed by atoms with van der Waals surface area (Å²) < 4.78 is 21.6. The van der Waals surface area contributed by atoms with Gasteiger partial charge in [-0.15, -0.1) is 0 Å². The van der Waals surface area contributed by atoms with Crippen molar-refractivity contribution in [2.24, 2.45) is 10.9 Å². The SMILES string of the molecule is CCOC(=O)[C@H]1C(=O)NC(N2CCN(c3cccc(Cl)c3)CC2)=N[C@H]1c1cc(OC)c(OC)c(OC)c1. The van der Waals surface area contributed by atoms with Crippen LogP contribution in [0.5, 0.6) is 17.2 Å². The van der Waals surface area contributed by atoms with Crippen LogP contribution < -0.4 is 24.4 Å². The fourth-order valence-electron chi connectivity index (χ4n) is 4.59. The number of anilines is 1. The van der Waals surface area contributed by atoms with Gasteiger partial charge >= 0.3 is 5.97 Å². The minimum atomic E-state index is -1.17. The summed E-state index contributed by atoms with van der Waals surface area (Å²) in [6, 6.07) is 10.3. The summed E-state index contributed by atoms with van der Waals surface area (Å²) in [5.41, 5.74) is 1.61. The fraction of sp³-hybridized carbons (Fsp3) is 0.423. The minimum Gasteiger partial charge on any atom is -0.493 e. The molecular weight excluding hydrogens is 500 g/mol. The lowest BCUT2D eigenvalue weighted by molar-refractivity contribution is -0.153. The quantitative estimate of drug-likeness (QED) is 0.431. The average Bonchev–Trinajstić information content (AvgIpc) is 2.91. The van der Waals surface area contributed by atoms with Gasteiger partial charge in [0.1, 0.15) is 6.04 Å². The highest BCUT2D eigenvalue weighted by molar-refractivity contribution is 6.30. The number of hydrogen-bond donors (Lipinski definition) is 1. The van der Waals surface area contributed by atoms with Crippen LogP contribution >= 0.6 is 11.6 Å². The molecule has 1 fully saturated rings. The van der Waals surface area contributed by atoms with E-state index in [1.807, 2.05) is 29.2 Å². The molecule has 37 heavy (non-hydrogen) atoms. The van der Waals surface area contributed by atoms with Gasteiger partial charge in [0.25, 0.3) is 0 Å². The van der Waals surface area contributed by atoms with Crippen molar-refractivity contribution in [3.8, 4) is 17.2 Å². The second kappa shape index (κ2) is 11.6. The number of hydrogen-bond acceptors (Lipinski definition) is 9. The number of guanidine groups is 1. The topological polar surface area (TPSA) is 102 Å². The number of carbonyl (C=O) groups is 2. The zero-order valence-electron chi connectivity index (χ0n) is 21.3. The fourth-order valence-corrected chi connectivity index (χ4v) is 4.77. The van der Waals surface area contributed by atoms with Crippen LogP contribution in [0.25, 0.3) is 0 Å². The molecule has 198 valence electrons. The molecule has 2 aromatic rings. The number of piperazine rings is 1. The largest absolute Gasteiger partial charge is 0.493 e. The van der Waals surface area contributed by atoms with Gasteiger partial charge in [-0.2, -0.15) is 0 Å². The van der Waals surface area contributed by atoms with Gasteiger partial charge in [0.15, 0.2) is 17.4 Å². The van der Waals surface area contributed by atoms with E-state index in [-0.39, 0.29) is 6.61 Å². The van der Waals surface area contributed by atoms with Crippen LogP contribution in [-0.4, -0.2) is 76.9 Å². The monoisotopic (exact) mass is 530 g/mol. The third kappa shape index (κ3) is 5.53. The van der Waals surface area contributed by atoms with E-state index in [0.717, 1.165) is 5.69 Å². The van der Waals surface area contributed by atoms with E-state index in [9.17, 15) is 9.59 Å². The number of carbonyl (C=O) groups excluding carboxylic acids is 2. The summed E-state index contributed by atoms with van der Waals surface area (Å²) in [6.45, 7) is 4.51. The molecule has 1 amide bonds. The van der Waals surface area contributed by atoms with Crippen LogP contribution in [0.15, 0.2) is 41.4 Å². The molecule has 2 aliphatic heterocycles. The summed E-state index contributed by atoms with van der Waals surface area (Å²) in [6.07, 6.45) is 0. The number of ether oxygens (including phenoxy) is 4. The standard InChI is InChI=1S/C26H31ClN4O6/c1-5-37-25(33)21-22(16-13-19(34-2)23(36-4)20(14-16)35-3)28-26(29-24(21)32)31-11-9-30(10-12-31)18-8-6-7-17(27)15-18/h6-8,13-15,21-22H,5,9-12H2,1-4H3,(H,28,29,32)/t21-,22+/m1/s1. The van der Waals surface area contributed by atoms with Crippen LogP contribution in [-0.2, 0) is 14.3 Å². The highest BCUT2D eigenvalue weighted by Gasteiger charge is 2.43. The molecule has 4 rings (SSSR count). The Morgan fingerprint density at radius 2 is 1.68 bits per heavy atom. The molecule has 0 saturated carbocycles. The van der Waals surface area contributed by atoms with Crippen LogP contribution in [0.1, 0.15) is 18.5 Å². The normalized spacial score (nSPS) is 19.6. The predicted octanol–water partition coefficient (Wildman–Crippen LogP) is 2.89. The summed E-state index contributed by atoms with van der Waals surface area (Å²) in [5, 5.41) is 3.51. The van der Waals surface area contributed by atoms with Crippen molar-refractivity contribution in [3.63, 3.8) is 0 Å². The van der Waals surface area contributed by atoms with Crippen molar-refractivity contribution in [1.82, 2.24) is 10.2 Å². The molecule has 0 aromatic heterocycles. The molecule has 2 aromatic carbocycles. The van der Waals surface area contributed by atoms with Crippen LogP contribution in [0.4, 0.5) is 5.69 Å². The maximum Gasteiger partial charge on any atom is 0.321 e. The van der Waals surface area contributed by atoms with Crippen molar-refractivity contribution in [1.29, 1.82) is 0 Å². The Morgan fingerprint density at radius 3 is 2.24 bits per heavy atom. The van der Waals surface area contributed by atoms with Crippen LogP contribution in [0.3, 0.4) is 0 Å². The van der Waals surface area contributed by atoms with E-state index in [0.29, 0.717) is 60.0 Å². The van der Waals surface area contributed by atoms with Gasteiger partial charge < -0.3 is 28.7 Å². The van der Waals surface area contributed by atoms with Crippen LogP contribution in [0.2, 0.25) is 5.02 Å². The minimum absolute atomic E-state index is 0.145. The van der Waals surface area contributed by atoms with Crippen molar-refractivity contribution in [3.05, 3.63) is 47.0 Å². The molecule has 0 aliphatic carbocycles. The van der Waals surface area contributed by atoms with Gasteiger partial charge in [0.05, 0.1) is 27.9 Å². The Labute approximate surface area is 221 Å². The molecule has 0 spiro atoms. The van der Waals surface area contributed by atoms with E-state index in [1.165, 1.54) is 21.3 Å². The van der Waals surface area contributed by atoms with Crippen molar-refractivity contribution in [2.75, 3.05) is 59.0 Å². The van der Waals surface area contributed by atoms with Gasteiger partial charge in [-0.05, 0) is 42.8 Å². The van der Waals surface area contributed by atoms with Crippen LogP contribution in [0, 0.1) is 5.92 Å². The van der Waals surface area contributed by atoms with E-state index in [2.05, 4.69) is 10.2 Å². The summed E-state index contributed by atoms with van der Waals surface area (Å²) in [5.74, 6) is -0.668. The number of benzene rings is 2. The highest BCUT2D eigenvalue weighted by atomic mass is 35.5. The first-order valence-electron chi connectivity index (χ1n) is 12.0. The van der Waals surface area contributed by atoms with Gasteiger partial charge in [0, 0.05) is 36.9 Å². The molecule has 1 N–H and O–H groups in total. The maximum atomic E-state index is 13.3. The lowest BCUT2D eigenvalue weighted by atomic mass is 9.90. The van der Waals surface area contributed by atoms with E-state index < -0.39 is 23.8 Å². The molecule has 2 heterocycles. The van der Waals surface area contributed by atoms with E-state index in [4.69, 9.17) is 35.5 Å². The first kappa shape index (κ1) is 26.4. The third-order valence-electron chi connectivity index (χ3n) is 6.42. The van der Waals surface area contributed by atoms with Crippen molar-refractivity contribution >= 4 is 35.1 Å². The zero-order chi connectivity index (χ0) is 26.5. The Bertz CT molecular complexity index is 1160. The van der Waals surface area contributed by atoms with Gasteiger partial charge in [-0.25, -0.2) is 4.99 Å². The Morgan fingerprint density at radius 1 is 1.03 bits per heavy atom. The summed E-state index contributed by atoms with van der Waals surface area (Å²) in [4.78, 5) is 35.2. The Kier molecular flexibility index (Phi) is 8.27. The summed E-state index contributed by atoms with van der Waals surface area (Å²) in [7, 11) is 4.52. The van der Waals surface area contributed by atoms with Crippen molar-refractivity contribution < 1.29 is 28.5 Å². The van der Waals surface area contributed by atoms with Gasteiger partial charge in [-0.3, -0.25) is 14.9 Å². The number of nitrogens with one attached hydrogen (secondary N) is 1. The first-order valence-corrected chi connectivity index (χ1v) is 12.4. The molecular formula is C26H31ClN4O6. The molecule has 10 nitrogen and oxygen atoms in total. The molecule has 0 radical (unpaired) electrons. The van der Waals surface area contributed by atoms with Crippen molar-refractivity contribution in [2.45, 2.75) is 13.0 Å². The molecule has 0 bridgehead atoms. The molecule has 2 aliphatic rings. The van der Waals surface area contributed by atoms with E-state index in [1.54, 1.807) is 19.1 Å².